The van der Waals surface area contributed by atoms with Crippen LogP contribution in [0.4, 0.5) is 0 Å². The zero-order chi connectivity index (χ0) is 39.5. The maximum Gasteiger partial charge on any atom is 0.240 e. The molecule has 3 aliphatic rings. The van der Waals surface area contributed by atoms with Crippen molar-refractivity contribution < 1.29 is 27.8 Å². The van der Waals surface area contributed by atoms with Crippen molar-refractivity contribution in [3.05, 3.63) is 125 Å². The number of nitrogens with one attached hydrogen (secondary N) is 2. The van der Waals surface area contributed by atoms with Crippen LogP contribution in [0.2, 0.25) is 0 Å². The molecule has 0 radical (unpaired) electrons. The Balaban J connectivity index is 1.17. The molecule has 0 spiro atoms. The van der Waals surface area contributed by atoms with Crippen LogP contribution in [0.1, 0.15) is 101 Å². The molecule has 0 unspecified atom stereocenters. The number of likely N-dealkylation sites (tertiary alicyclic amines) is 1. The Morgan fingerprint density at radius 3 is 2.25 bits per heavy atom. The lowest BCUT2D eigenvalue weighted by Crippen LogP contribution is -2.61. The van der Waals surface area contributed by atoms with E-state index in [0.29, 0.717) is 18.5 Å². The number of hydrogen-bond acceptors (Lipinski definition) is 7. The Bertz CT molecular complexity index is 2050. The minimum Gasteiger partial charge on any atom is -0.392 e. The highest BCUT2D eigenvalue weighted by molar-refractivity contribution is 7.89. The largest absolute Gasteiger partial charge is 0.392 e. The highest BCUT2D eigenvalue weighted by Gasteiger charge is 2.46. The molecule has 9 nitrogen and oxygen atoms in total. The summed E-state index contributed by atoms with van der Waals surface area (Å²) in [5.74, 6) is 0.647. The van der Waals surface area contributed by atoms with Gasteiger partial charge in [-0.25, -0.2) is 13.1 Å². The second-order valence-corrected chi connectivity index (χ2v) is 18.7. The molecule has 10 heteroatoms. The molecule has 3 fully saturated rings. The van der Waals surface area contributed by atoms with Gasteiger partial charge in [0.1, 0.15) is 0 Å². The lowest BCUT2D eigenvalue weighted by Gasteiger charge is -2.51. The van der Waals surface area contributed by atoms with Crippen molar-refractivity contribution in [2.45, 2.75) is 120 Å². The van der Waals surface area contributed by atoms with Crippen LogP contribution in [-0.4, -0.2) is 54.6 Å². The van der Waals surface area contributed by atoms with Gasteiger partial charge in [0, 0.05) is 36.2 Å². The normalized spacial score (nSPS) is 26.0. The number of benzene rings is 4. The van der Waals surface area contributed by atoms with Gasteiger partial charge < -0.3 is 19.9 Å². The predicted molar refractivity (Wildman–Crippen MR) is 219 cm³/mol. The zero-order valence-corrected chi connectivity index (χ0v) is 33.9. The topological polar surface area (TPSA) is 117 Å². The van der Waals surface area contributed by atoms with Gasteiger partial charge in [-0.2, -0.15) is 0 Å². The Labute approximate surface area is 332 Å². The van der Waals surface area contributed by atoms with Crippen molar-refractivity contribution in [2.24, 2.45) is 11.8 Å². The Morgan fingerprint density at radius 2 is 1.52 bits per heavy atom. The fourth-order valence-corrected chi connectivity index (χ4v) is 9.89. The smallest absolute Gasteiger partial charge is 0.240 e. The van der Waals surface area contributed by atoms with Crippen molar-refractivity contribution in [1.29, 1.82) is 0 Å². The minimum absolute atomic E-state index is 0.0268. The average Bonchev–Trinajstić information content (AvgIpc) is 3.21. The molecule has 298 valence electrons. The van der Waals surface area contributed by atoms with E-state index in [0.717, 1.165) is 52.6 Å². The van der Waals surface area contributed by atoms with Gasteiger partial charge in [-0.1, -0.05) is 98.6 Å². The van der Waals surface area contributed by atoms with Crippen LogP contribution in [0, 0.1) is 11.8 Å². The monoisotopic (exact) mass is 779 g/mol. The fraction of sp³-hybridized carbons (Fsp3) is 0.457. The molecule has 4 aromatic rings. The van der Waals surface area contributed by atoms with E-state index in [-0.39, 0.29) is 53.7 Å². The van der Waals surface area contributed by atoms with Gasteiger partial charge in [-0.15, -0.1) is 0 Å². The molecule has 7 rings (SSSR count). The second kappa shape index (κ2) is 17.3. The lowest BCUT2D eigenvalue weighted by molar-refractivity contribution is -0.278. The summed E-state index contributed by atoms with van der Waals surface area (Å²) in [5.41, 5.74) is 5.16. The quantitative estimate of drug-likeness (QED) is 0.141. The fourth-order valence-electron chi connectivity index (χ4n) is 8.85. The first kappa shape index (κ1) is 40.3. The maximum atomic E-state index is 13.9. The molecule has 7 atom stereocenters. The van der Waals surface area contributed by atoms with Crippen molar-refractivity contribution in [3.8, 4) is 11.1 Å². The van der Waals surface area contributed by atoms with Crippen LogP contribution in [0.25, 0.3) is 11.1 Å². The Morgan fingerprint density at radius 1 is 0.804 bits per heavy atom. The number of nitrogens with zero attached hydrogens (tertiary/aromatic N) is 1. The van der Waals surface area contributed by atoms with Crippen LogP contribution in [0.5, 0.6) is 0 Å². The molecule has 1 amide bonds. The summed E-state index contributed by atoms with van der Waals surface area (Å²) >= 11 is 0. The summed E-state index contributed by atoms with van der Waals surface area (Å²) in [4.78, 5) is 16.6. The zero-order valence-electron chi connectivity index (χ0n) is 33.1. The summed E-state index contributed by atoms with van der Waals surface area (Å²) < 4.78 is 42.5. The number of carbonyl (C=O) groups excluding carboxylic acids is 1. The van der Waals surface area contributed by atoms with Crippen LogP contribution >= 0.6 is 0 Å². The number of rotatable bonds is 11. The van der Waals surface area contributed by atoms with E-state index in [1.165, 1.54) is 19.3 Å². The van der Waals surface area contributed by atoms with E-state index in [2.05, 4.69) is 27.9 Å². The number of ether oxygens (including phenoxy) is 2. The minimum atomic E-state index is -3.65. The highest BCUT2D eigenvalue weighted by Crippen LogP contribution is 2.45. The first-order valence-corrected chi connectivity index (χ1v) is 21.7. The predicted octanol–water partition coefficient (Wildman–Crippen LogP) is 8.05. The van der Waals surface area contributed by atoms with Crippen molar-refractivity contribution in [1.82, 2.24) is 14.9 Å². The molecule has 0 bridgehead atoms. The van der Waals surface area contributed by atoms with Gasteiger partial charge >= 0.3 is 0 Å². The third kappa shape index (κ3) is 9.44. The summed E-state index contributed by atoms with van der Waals surface area (Å²) in [6, 6.07) is 32.5. The van der Waals surface area contributed by atoms with E-state index in [4.69, 9.17) is 9.47 Å². The molecule has 2 aliphatic heterocycles. The lowest BCUT2D eigenvalue weighted by atomic mass is 9.75. The van der Waals surface area contributed by atoms with Crippen LogP contribution in [0.15, 0.2) is 108 Å². The van der Waals surface area contributed by atoms with Crippen LogP contribution < -0.4 is 10.0 Å². The van der Waals surface area contributed by atoms with E-state index in [9.17, 15) is 18.3 Å². The first-order chi connectivity index (χ1) is 26.9. The number of hydrogen-bond donors (Lipinski definition) is 3. The van der Waals surface area contributed by atoms with Gasteiger partial charge in [0.05, 0.1) is 29.8 Å². The second-order valence-electron chi connectivity index (χ2n) is 16.9. The molecule has 1 saturated carbocycles. The first-order valence-electron chi connectivity index (χ1n) is 20.2. The van der Waals surface area contributed by atoms with Crippen molar-refractivity contribution in [3.63, 3.8) is 0 Å². The number of amides is 1. The van der Waals surface area contributed by atoms with E-state index < -0.39 is 16.3 Å². The molecule has 2 saturated heterocycles. The summed E-state index contributed by atoms with van der Waals surface area (Å²) in [6.07, 6.45) is 5.43. The van der Waals surface area contributed by atoms with Gasteiger partial charge in [-0.3, -0.25) is 9.69 Å². The van der Waals surface area contributed by atoms with Gasteiger partial charge in [-0.05, 0) is 104 Å². The summed E-state index contributed by atoms with van der Waals surface area (Å²) in [5, 5.41) is 13.1. The number of carbonyl (C=O) groups is 1. The average molecular weight is 780 g/mol. The van der Waals surface area contributed by atoms with Crippen LogP contribution in [0.3, 0.4) is 0 Å². The Kier molecular flexibility index (Phi) is 12.5. The molecular weight excluding hydrogens is 723 g/mol. The SMILES string of the molecule is C[C@@H]1[C@H](CN2[C@@H](C(=O)NC(C)(C)C)CC[C@H]3CCCC[C@H]32)O[C@H](c2cccc(-c3cccc(CNS(=O)(=O)c4ccccc4)c3)c2)O[C@@H]1c1ccc(CO)cc1. The number of fused-ring (bicyclic) bond motifs is 1. The van der Waals surface area contributed by atoms with Gasteiger partial charge in [0.25, 0.3) is 0 Å². The van der Waals surface area contributed by atoms with Crippen LogP contribution in [-0.2, 0) is 37.4 Å². The molecule has 1 aliphatic carbocycles. The third-order valence-corrected chi connectivity index (χ3v) is 13.2. The number of piperidine rings is 1. The molecule has 56 heavy (non-hydrogen) atoms. The molecular formula is C46H57N3O6S. The van der Waals surface area contributed by atoms with E-state index >= 15 is 0 Å². The van der Waals surface area contributed by atoms with E-state index in [1.807, 2.05) is 87.5 Å². The molecule has 2 heterocycles. The van der Waals surface area contributed by atoms with E-state index in [1.54, 1.807) is 30.3 Å². The number of sulfonamides is 1. The highest BCUT2D eigenvalue weighted by atomic mass is 32.2. The summed E-state index contributed by atoms with van der Waals surface area (Å²) in [6.45, 7) is 9.06. The Hall–Kier alpha value is -3.90. The molecule has 4 aromatic carbocycles. The summed E-state index contributed by atoms with van der Waals surface area (Å²) in [7, 11) is -3.65. The number of aliphatic hydroxyl groups excluding tert-OH is 1. The molecule has 3 N–H and O–H groups in total. The standard InChI is InChI=1S/C46H57N3O6S/c1-31-42(29-49-40-19-9-8-13-34(40)24-25-41(49)44(51)48-46(2,3)4)54-45(55-43(31)35-22-20-32(30-50)21-23-35)38-16-11-15-37(27-38)36-14-10-12-33(26-36)28-47-56(52,53)39-17-6-5-7-18-39/h5-7,10-12,14-18,20-23,26-27,31,34,40-43,45,47,50H,8-9,13,19,24-25,28-30H2,1-4H3,(H,48,51)/t31-,34-,40-,41-,42+,43+,45+/m1/s1. The van der Waals surface area contributed by atoms with Crippen molar-refractivity contribution >= 4 is 15.9 Å². The van der Waals surface area contributed by atoms with Gasteiger partial charge in [0.2, 0.25) is 15.9 Å². The maximum absolute atomic E-state index is 13.9. The van der Waals surface area contributed by atoms with Crippen molar-refractivity contribution in [2.75, 3.05) is 6.54 Å². The van der Waals surface area contributed by atoms with Gasteiger partial charge in [0.15, 0.2) is 6.29 Å². The number of aliphatic hydroxyl groups is 1. The third-order valence-electron chi connectivity index (χ3n) is 11.8. The molecule has 0 aromatic heterocycles.